The van der Waals surface area contributed by atoms with Gasteiger partial charge in [0, 0.05) is 17.7 Å². The molecule has 1 atom stereocenters. The normalized spacial score (nSPS) is 18.0. The zero-order valence-electron chi connectivity index (χ0n) is 18.0. The monoisotopic (exact) mass is 409 g/mol. The molecule has 0 aliphatic carbocycles. The molecule has 6 nitrogen and oxygen atoms in total. The van der Waals surface area contributed by atoms with Crippen LogP contribution in [0.15, 0.2) is 42.0 Å². The van der Waals surface area contributed by atoms with E-state index in [9.17, 15) is 14.7 Å². The van der Waals surface area contributed by atoms with Crippen molar-refractivity contribution in [1.29, 1.82) is 0 Å². The van der Waals surface area contributed by atoms with Crippen LogP contribution in [0.5, 0.6) is 11.5 Å². The fourth-order valence-corrected chi connectivity index (χ4v) is 3.94. The van der Waals surface area contributed by atoms with E-state index in [4.69, 9.17) is 9.47 Å². The summed E-state index contributed by atoms with van der Waals surface area (Å²) in [6.07, 6.45) is 0.666. The van der Waals surface area contributed by atoms with Gasteiger partial charge in [0.25, 0.3) is 11.7 Å². The van der Waals surface area contributed by atoms with Crippen molar-refractivity contribution in [3.8, 4) is 11.5 Å². The van der Waals surface area contributed by atoms with Gasteiger partial charge < -0.3 is 19.5 Å². The number of methoxy groups -OCH3 is 2. The topological polar surface area (TPSA) is 76.1 Å². The molecule has 1 N–H and O–H groups in total. The van der Waals surface area contributed by atoms with Gasteiger partial charge in [-0.3, -0.25) is 9.59 Å². The zero-order valence-corrected chi connectivity index (χ0v) is 18.0. The fraction of sp³-hybridized carbons (Fsp3) is 0.333. The number of Topliss-reactive ketones (excluding diaryl/α,β-unsaturated/α-hetero) is 1. The molecular formula is C24H27NO5. The van der Waals surface area contributed by atoms with Crippen LogP contribution in [0.4, 0.5) is 0 Å². The maximum atomic E-state index is 13.1. The molecular weight excluding hydrogens is 382 g/mol. The summed E-state index contributed by atoms with van der Waals surface area (Å²) in [5, 5.41) is 11.2. The lowest BCUT2D eigenvalue weighted by molar-refractivity contribution is -0.139. The first kappa shape index (κ1) is 21.4. The molecule has 0 spiro atoms. The first-order valence-corrected chi connectivity index (χ1v) is 9.92. The second-order valence-corrected chi connectivity index (χ2v) is 7.39. The van der Waals surface area contributed by atoms with Crippen LogP contribution >= 0.6 is 0 Å². The van der Waals surface area contributed by atoms with Gasteiger partial charge in [0.05, 0.1) is 25.8 Å². The number of hydrogen-bond acceptors (Lipinski definition) is 5. The molecule has 1 aliphatic rings. The number of hydrogen-bond donors (Lipinski definition) is 1. The third-order valence-corrected chi connectivity index (χ3v) is 5.38. The minimum Gasteiger partial charge on any atom is -0.507 e. The van der Waals surface area contributed by atoms with Crippen molar-refractivity contribution in [2.45, 2.75) is 33.2 Å². The van der Waals surface area contributed by atoms with Crippen molar-refractivity contribution in [1.82, 2.24) is 4.90 Å². The van der Waals surface area contributed by atoms with Crippen LogP contribution in [0.25, 0.3) is 5.76 Å². The first-order valence-electron chi connectivity index (χ1n) is 9.92. The Morgan fingerprint density at radius 2 is 1.83 bits per heavy atom. The van der Waals surface area contributed by atoms with Gasteiger partial charge in [-0.2, -0.15) is 0 Å². The Labute approximate surface area is 176 Å². The van der Waals surface area contributed by atoms with E-state index in [0.717, 1.165) is 11.1 Å². The lowest BCUT2D eigenvalue weighted by Crippen LogP contribution is -2.30. The highest BCUT2D eigenvalue weighted by molar-refractivity contribution is 6.46. The third-order valence-electron chi connectivity index (χ3n) is 5.38. The summed E-state index contributed by atoms with van der Waals surface area (Å²) in [7, 11) is 3.04. The number of carbonyl (C=O) groups is 2. The number of aryl methyl sites for hydroxylation is 2. The highest BCUT2D eigenvalue weighted by Gasteiger charge is 2.47. The predicted octanol–water partition coefficient (Wildman–Crippen LogP) is 4.15. The number of ether oxygens (including phenoxy) is 2. The molecule has 0 bridgehead atoms. The molecule has 30 heavy (non-hydrogen) atoms. The van der Waals surface area contributed by atoms with Gasteiger partial charge >= 0.3 is 0 Å². The second kappa shape index (κ2) is 8.61. The molecule has 158 valence electrons. The van der Waals surface area contributed by atoms with Gasteiger partial charge in [0.15, 0.2) is 11.5 Å². The van der Waals surface area contributed by atoms with Crippen molar-refractivity contribution < 1.29 is 24.2 Å². The number of benzene rings is 2. The third kappa shape index (κ3) is 3.54. The summed E-state index contributed by atoms with van der Waals surface area (Å²) in [6, 6.07) is 10.2. The largest absolute Gasteiger partial charge is 0.507 e. The summed E-state index contributed by atoms with van der Waals surface area (Å²) < 4.78 is 11.0. The van der Waals surface area contributed by atoms with Gasteiger partial charge in [-0.05, 0) is 38.0 Å². The van der Waals surface area contributed by atoms with Crippen LogP contribution in [0, 0.1) is 13.8 Å². The second-order valence-electron chi connectivity index (χ2n) is 7.39. The molecule has 1 saturated heterocycles. The van der Waals surface area contributed by atoms with Crippen molar-refractivity contribution in [2.75, 3.05) is 20.8 Å². The van der Waals surface area contributed by atoms with Gasteiger partial charge in [0.2, 0.25) is 0 Å². The standard InChI is InChI=1S/C24H27NO5/c1-6-12-25-20(16-8-7-9-18(29-4)23(16)30-5)19(22(27)24(25)28)21(26)17-13-14(2)10-11-15(17)3/h7-11,13,20,26H,6,12H2,1-5H3/b21-19+. The van der Waals surface area contributed by atoms with Crippen LogP contribution in [-0.4, -0.2) is 42.5 Å². The SMILES string of the molecule is CCCN1C(=O)C(=O)/C(=C(/O)c2cc(C)ccc2C)C1c1cccc(OC)c1OC. The number of aliphatic hydroxyl groups is 1. The van der Waals surface area contributed by atoms with E-state index in [1.165, 1.54) is 19.1 Å². The number of nitrogens with zero attached hydrogens (tertiary/aromatic N) is 1. The molecule has 1 heterocycles. The van der Waals surface area contributed by atoms with Crippen molar-refractivity contribution in [2.24, 2.45) is 0 Å². The van der Waals surface area contributed by atoms with E-state index in [0.29, 0.717) is 35.6 Å². The molecule has 1 amide bonds. The molecule has 0 saturated carbocycles. The van der Waals surface area contributed by atoms with E-state index in [-0.39, 0.29) is 11.3 Å². The molecule has 1 aliphatic heterocycles. The number of aliphatic hydroxyl groups excluding tert-OH is 1. The lowest BCUT2D eigenvalue weighted by Gasteiger charge is -2.27. The molecule has 3 rings (SSSR count). The molecule has 1 unspecified atom stereocenters. The van der Waals surface area contributed by atoms with Gasteiger partial charge in [-0.15, -0.1) is 0 Å². The smallest absolute Gasteiger partial charge is 0.295 e. The molecule has 2 aromatic carbocycles. The molecule has 0 aromatic heterocycles. The summed E-state index contributed by atoms with van der Waals surface area (Å²) in [5.74, 6) is -0.581. The highest BCUT2D eigenvalue weighted by Crippen LogP contribution is 2.45. The molecule has 2 aromatic rings. The molecule has 1 fully saturated rings. The summed E-state index contributed by atoms with van der Waals surface area (Å²) >= 11 is 0. The number of likely N-dealkylation sites (tertiary alicyclic amines) is 1. The summed E-state index contributed by atoms with van der Waals surface area (Å²) in [6.45, 7) is 6.08. The van der Waals surface area contributed by atoms with Gasteiger partial charge in [-0.1, -0.05) is 36.8 Å². The van der Waals surface area contributed by atoms with Crippen molar-refractivity contribution in [3.63, 3.8) is 0 Å². The van der Waals surface area contributed by atoms with Crippen LogP contribution in [0.3, 0.4) is 0 Å². The summed E-state index contributed by atoms with van der Waals surface area (Å²) in [5.41, 5.74) is 2.96. The Hall–Kier alpha value is -3.28. The quantitative estimate of drug-likeness (QED) is 0.441. The van der Waals surface area contributed by atoms with Gasteiger partial charge in [0.1, 0.15) is 5.76 Å². The number of ketones is 1. The van der Waals surface area contributed by atoms with E-state index < -0.39 is 17.7 Å². The minimum atomic E-state index is -0.769. The fourth-order valence-electron chi connectivity index (χ4n) is 3.94. The van der Waals surface area contributed by atoms with E-state index in [2.05, 4.69) is 0 Å². The Bertz CT molecular complexity index is 1020. The highest BCUT2D eigenvalue weighted by atomic mass is 16.5. The van der Waals surface area contributed by atoms with Crippen molar-refractivity contribution >= 4 is 17.4 Å². The van der Waals surface area contributed by atoms with Crippen LogP contribution in [-0.2, 0) is 9.59 Å². The average molecular weight is 409 g/mol. The van der Waals surface area contributed by atoms with Crippen molar-refractivity contribution in [3.05, 3.63) is 64.2 Å². The number of carbonyl (C=O) groups excluding carboxylic acids is 2. The number of rotatable bonds is 6. The van der Waals surface area contributed by atoms with Gasteiger partial charge in [-0.25, -0.2) is 0 Å². The number of para-hydroxylation sites is 1. The first-order chi connectivity index (χ1) is 14.3. The van der Waals surface area contributed by atoms with E-state index in [1.807, 2.05) is 39.0 Å². The lowest BCUT2D eigenvalue weighted by atomic mass is 9.92. The predicted molar refractivity (Wildman–Crippen MR) is 115 cm³/mol. The Balaban J connectivity index is 2.32. The maximum absolute atomic E-state index is 13.1. The summed E-state index contributed by atoms with van der Waals surface area (Å²) in [4.78, 5) is 27.4. The van der Waals surface area contributed by atoms with E-state index in [1.54, 1.807) is 18.2 Å². The molecule has 6 heteroatoms. The zero-order chi connectivity index (χ0) is 22.0. The molecule has 0 radical (unpaired) electrons. The Morgan fingerprint density at radius 1 is 1.10 bits per heavy atom. The average Bonchev–Trinajstić information content (AvgIpc) is 2.99. The maximum Gasteiger partial charge on any atom is 0.295 e. The minimum absolute atomic E-state index is 0.0636. The Morgan fingerprint density at radius 3 is 2.47 bits per heavy atom. The van der Waals surface area contributed by atoms with Crippen LogP contribution in [0.1, 0.15) is 41.6 Å². The number of amides is 1. The Kier molecular flexibility index (Phi) is 6.15. The van der Waals surface area contributed by atoms with E-state index >= 15 is 0 Å². The van der Waals surface area contributed by atoms with Crippen LogP contribution in [0.2, 0.25) is 0 Å². The van der Waals surface area contributed by atoms with Crippen LogP contribution < -0.4 is 9.47 Å².